The van der Waals surface area contributed by atoms with Gasteiger partial charge in [0.25, 0.3) is 0 Å². The summed E-state index contributed by atoms with van der Waals surface area (Å²) in [6, 6.07) is 0. The van der Waals surface area contributed by atoms with E-state index in [1.54, 1.807) is 0 Å². The molecule has 0 rings (SSSR count). The molecule has 70 valence electrons. The lowest BCUT2D eigenvalue weighted by Gasteiger charge is -2.10. The standard InChI is InChI=1S/C8H20N2.CH4/c1-7(2)5-9-10-6-8(3)4;/h7-10H,5-6H2,1-4H3;1H4. The molecule has 0 amide bonds. The second-order valence-electron chi connectivity index (χ2n) is 3.55. The van der Waals surface area contributed by atoms with Crippen LogP contribution in [0.25, 0.3) is 0 Å². The number of hydrazine groups is 1. The maximum Gasteiger partial charge on any atom is 0.0123 e. The van der Waals surface area contributed by atoms with E-state index in [4.69, 9.17) is 0 Å². The Kier molecular flexibility index (Phi) is 9.85. The molecule has 0 aliphatic rings. The molecule has 2 N–H and O–H groups in total. The van der Waals surface area contributed by atoms with Gasteiger partial charge in [-0.25, -0.2) is 0 Å². The van der Waals surface area contributed by atoms with E-state index in [0.717, 1.165) is 24.9 Å². The van der Waals surface area contributed by atoms with E-state index in [-0.39, 0.29) is 7.43 Å². The largest absolute Gasteiger partial charge is 0.258 e. The predicted octanol–water partition coefficient (Wildman–Crippen LogP) is 2.03. The van der Waals surface area contributed by atoms with Crippen LogP contribution in [0.15, 0.2) is 0 Å². The van der Waals surface area contributed by atoms with Crippen LogP contribution >= 0.6 is 0 Å². The first-order valence-electron chi connectivity index (χ1n) is 4.08. The van der Waals surface area contributed by atoms with E-state index >= 15 is 0 Å². The fourth-order valence-corrected chi connectivity index (χ4v) is 0.553. The Bertz CT molecular complexity index is 60.0. The van der Waals surface area contributed by atoms with Gasteiger partial charge in [-0.1, -0.05) is 35.1 Å². The zero-order valence-corrected chi connectivity index (χ0v) is 7.57. The van der Waals surface area contributed by atoms with Crippen molar-refractivity contribution in [3.8, 4) is 0 Å². The molecule has 0 atom stereocenters. The normalized spacial score (nSPS) is 10.4. The van der Waals surface area contributed by atoms with Crippen LogP contribution in [0, 0.1) is 11.8 Å². The van der Waals surface area contributed by atoms with Crippen molar-refractivity contribution in [1.29, 1.82) is 0 Å². The fraction of sp³-hybridized carbons (Fsp3) is 1.00. The van der Waals surface area contributed by atoms with Crippen molar-refractivity contribution < 1.29 is 0 Å². The van der Waals surface area contributed by atoms with E-state index < -0.39 is 0 Å². The van der Waals surface area contributed by atoms with Gasteiger partial charge < -0.3 is 0 Å². The fourth-order valence-electron chi connectivity index (χ4n) is 0.553. The van der Waals surface area contributed by atoms with Gasteiger partial charge in [0.05, 0.1) is 0 Å². The van der Waals surface area contributed by atoms with Crippen LogP contribution in [0.5, 0.6) is 0 Å². The quantitative estimate of drug-likeness (QED) is 0.475. The molecule has 0 saturated heterocycles. The lowest BCUT2D eigenvalue weighted by atomic mass is 10.2. The van der Waals surface area contributed by atoms with Crippen LogP contribution in [0.4, 0.5) is 0 Å². The molecule has 2 nitrogen and oxygen atoms in total. The Hall–Kier alpha value is -0.0800. The highest BCUT2D eigenvalue weighted by atomic mass is 15.3. The minimum absolute atomic E-state index is 0. The number of nitrogens with one attached hydrogen (secondary N) is 2. The summed E-state index contributed by atoms with van der Waals surface area (Å²) < 4.78 is 0. The highest BCUT2D eigenvalue weighted by Crippen LogP contribution is 1.87. The molecule has 0 spiro atoms. The van der Waals surface area contributed by atoms with Crippen molar-refractivity contribution >= 4 is 0 Å². The van der Waals surface area contributed by atoms with Crippen LogP contribution < -0.4 is 10.9 Å². The smallest absolute Gasteiger partial charge is 0.0123 e. The Balaban J connectivity index is 0. The van der Waals surface area contributed by atoms with E-state index in [1.165, 1.54) is 0 Å². The summed E-state index contributed by atoms with van der Waals surface area (Å²) >= 11 is 0. The van der Waals surface area contributed by atoms with E-state index in [9.17, 15) is 0 Å². The lowest BCUT2D eigenvalue weighted by molar-refractivity contribution is 0.434. The van der Waals surface area contributed by atoms with Gasteiger partial charge in [-0.05, 0) is 11.8 Å². The average Bonchev–Trinajstić information content (AvgIpc) is 1.79. The van der Waals surface area contributed by atoms with Crippen molar-refractivity contribution in [3.63, 3.8) is 0 Å². The SMILES string of the molecule is C.CC(C)CNNCC(C)C. The summed E-state index contributed by atoms with van der Waals surface area (Å²) in [6.45, 7) is 10.9. The Morgan fingerprint density at radius 2 is 1.09 bits per heavy atom. The molecule has 0 fully saturated rings. The summed E-state index contributed by atoms with van der Waals surface area (Å²) in [5.41, 5.74) is 6.33. The third-order valence-electron chi connectivity index (χ3n) is 1.15. The molecular formula is C9H24N2. The van der Waals surface area contributed by atoms with E-state index in [0.29, 0.717) is 0 Å². The molecule has 0 aliphatic carbocycles. The first kappa shape index (κ1) is 13.5. The third-order valence-corrected chi connectivity index (χ3v) is 1.15. The molecule has 0 aromatic rings. The van der Waals surface area contributed by atoms with Crippen molar-refractivity contribution in [1.82, 2.24) is 10.9 Å². The number of hydrogen-bond donors (Lipinski definition) is 2. The van der Waals surface area contributed by atoms with Gasteiger partial charge in [0.15, 0.2) is 0 Å². The molecule has 0 saturated carbocycles. The van der Waals surface area contributed by atoms with Gasteiger partial charge in [-0.3, -0.25) is 10.9 Å². The predicted molar refractivity (Wildman–Crippen MR) is 52.4 cm³/mol. The van der Waals surface area contributed by atoms with E-state index in [1.807, 2.05) is 0 Å². The van der Waals surface area contributed by atoms with E-state index in [2.05, 4.69) is 38.5 Å². The monoisotopic (exact) mass is 160 g/mol. The van der Waals surface area contributed by atoms with Gasteiger partial charge in [-0.15, -0.1) is 0 Å². The van der Waals surface area contributed by atoms with Crippen LogP contribution in [-0.2, 0) is 0 Å². The molecule has 0 unspecified atom stereocenters. The van der Waals surface area contributed by atoms with Gasteiger partial charge in [-0.2, -0.15) is 0 Å². The summed E-state index contributed by atoms with van der Waals surface area (Å²) in [5, 5.41) is 0. The number of hydrogen-bond acceptors (Lipinski definition) is 2. The van der Waals surface area contributed by atoms with Crippen LogP contribution in [-0.4, -0.2) is 13.1 Å². The van der Waals surface area contributed by atoms with Crippen LogP contribution in [0.1, 0.15) is 35.1 Å². The van der Waals surface area contributed by atoms with Crippen molar-refractivity contribution in [2.24, 2.45) is 11.8 Å². The Labute approximate surface area is 71.7 Å². The number of rotatable bonds is 5. The lowest BCUT2D eigenvalue weighted by Crippen LogP contribution is -2.36. The highest BCUT2D eigenvalue weighted by molar-refractivity contribution is 4.49. The average molecular weight is 160 g/mol. The Morgan fingerprint density at radius 1 is 0.818 bits per heavy atom. The van der Waals surface area contributed by atoms with Crippen molar-refractivity contribution in [2.45, 2.75) is 35.1 Å². The first-order valence-corrected chi connectivity index (χ1v) is 4.08. The molecule has 0 aliphatic heterocycles. The van der Waals surface area contributed by atoms with Gasteiger partial charge in [0.1, 0.15) is 0 Å². The van der Waals surface area contributed by atoms with Crippen LogP contribution in [0.3, 0.4) is 0 Å². The first-order chi connectivity index (χ1) is 4.63. The van der Waals surface area contributed by atoms with Gasteiger partial charge >= 0.3 is 0 Å². The maximum absolute atomic E-state index is 3.17. The van der Waals surface area contributed by atoms with Gasteiger partial charge in [0, 0.05) is 13.1 Å². The maximum atomic E-state index is 3.17. The highest BCUT2D eigenvalue weighted by Gasteiger charge is 1.93. The second-order valence-corrected chi connectivity index (χ2v) is 3.55. The molecule has 0 heterocycles. The molecule has 0 aromatic carbocycles. The molecular weight excluding hydrogens is 136 g/mol. The second kappa shape index (κ2) is 8.02. The van der Waals surface area contributed by atoms with Crippen LogP contribution in [0.2, 0.25) is 0 Å². The zero-order chi connectivity index (χ0) is 7.98. The summed E-state index contributed by atoms with van der Waals surface area (Å²) in [7, 11) is 0. The van der Waals surface area contributed by atoms with Crippen molar-refractivity contribution in [3.05, 3.63) is 0 Å². The Morgan fingerprint density at radius 3 is 1.27 bits per heavy atom. The summed E-state index contributed by atoms with van der Waals surface area (Å²) in [6.07, 6.45) is 0. The minimum Gasteiger partial charge on any atom is -0.258 e. The van der Waals surface area contributed by atoms with Gasteiger partial charge in [0.2, 0.25) is 0 Å². The molecule has 0 radical (unpaired) electrons. The molecule has 0 bridgehead atoms. The zero-order valence-electron chi connectivity index (χ0n) is 7.57. The molecule has 11 heavy (non-hydrogen) atoms. The summed E-state index contributed by atoms with van der Waals surface area (Å²) in [4.78, 5) is 0. The summed E-state index contributed by atoms with van der Waals surface area (Å²) in [5.74, 6) is 1.44. The molecule has 0 aromatic heterocycles. The van der Waals surface area contributed by atoms with Crippen molar-refractivity contribution in [2.75, 3.05) is 13.1 Å². The molecule has 2 heteroatoms. The minimum atomic E-state index is 0. The topological polar surface area (TPSA) is 24.1 Å². The third kappa shape index (κ3) is 13.0.